The normalized spacial score (nSPS) is 15.3. The number of hydrogen-bond acceptors (Lipinski definition) is 4. The number of carbonyl (C=O) groups is 1. The van der Waals surface area contributed by atoms with Crippen LogP contribution >= 0.6 is 11.8 Å². The summed E-state index contributed by atoms with van der Waals surface area (Å²) < 4.78 is 24.3. The summed E-state index contributed by atoms with van der Waals surface area (Å²) in [5, 5.41) is 2.91. The molecule has 1 atom stereocenters. The highest BCUT2D eigenvalue weighted by Crippen LogP contribution is 2.38. The van der Waals surface area contributed by atoms with Crippen molar-refractivity contribution in [1.82, 2.24) is 0 Å². The number of hydrogen-bond donors (Lipinski definition) is 1. The first kappa shape index (κ1) is 18.6. The Labute approximate surface area is 157 Å². The molecule has 0 fully saturated rings. The van der Waals surface area contributed by atoms with Crippen molar-refractivity contribution in [2.45, 2.75) is 32.1 Å². The molecule has 0 aromatic heterocycles. The van der Waals surface area contributed by atoms with Crippen molar-refractivity contribution in [3.63, 3.8) is 0 Å². The van der Waals surface area contributed by atoms with Crippen LogP contribution in [0.3, 0.4) is 0 Å². The standard InChI is InChI=1S/C20H22FNO3S/c1-3-24-19-9-15-8-13(2)25-18(15)10-17(19)22-20(23)12-26-11-14-4-6-16(21)7-5-14/h4-7,9-10,13H,3,8,11-12H2,1-2H3,(H,22,23). The van der Waals surface area contributed by atoms with Gasteiger partial charge < -0.3 is 14.8 Å². The van der Waals surface area contributed by atoms with Gasteiger partial charge in [0.1, 0.15) is 23.4 Å². The molecule has 2 aromatic carbocycles. The third-order valence-electron chi connectivity index (χ3n) is 3.99. The lowest BCUT2D eigenvalue weighted by Crippen LogP contribution is -2.15. The summed E-state index contributed by atoms with van der Waals surface area (Å²) in [5.41, 5.74) is 2.72. The Bertz CT molecular complexity index is 779. The zero-order chi connectivity index (χ0) is 18.5. The van der Waals surface area contributed by atoms with Crippen LogP contribution in [0.4, 0.5) is 10.1 Å². The van der Waals surface area contributed by atoms with Crippen molar-refractivity contribution < 1.29 is 18.7 Å². The number of halogens is 1. The van der Waals surface area contributed by atoms with E-state index in [1.807, 2.05) is 26.0 Å². The van der Waals surface area contributed by atoms with E-state index in [0.717, 1.165) is 23.3 Å². The fraction of sp³-hybridized carbons (Fsp3) is 0.350. The van der Waals surface area contributed by atoms with Gasteiger partial charge in [0.2, 0.25) is 5.91 Å². The summed E-state index contributed by atoms with van der Waals surface area (Å²) in [4.78, 5) is 12.3. The van der Waals surface area contributed by atoms with Crippen LogP contribution in [0.1, 0.15) is 25.0 Å². The van der Waals surface area contributed by atoms with Crippen LogP contribution < -0.4 is 14.8 Å². The minimum atomic E-state index is -0.256. The minimum absolute atomic E-state index is 0.107. The summed E-state index contributed by atoms with van der Waals surface area (Å²) >= 11 is 1.48. The van der Waals surface area contributed by atoms with E-state index in [1.165, 1.54) is 23.9 Å². The molecule has 1 N–H and O–H groups in total. The molecular formula is C20H22FNO3S. The van der Waals surface area contributed by atoms with E-state index in [0.29, 0.717) is 29.5 Å². The topological polar surface area (TPSA) is 47.6 Å². The number of benzene rings is 2. The van der Waals surface area contributed by atoms with Crippen molar-refractivity contribution in [2.24, 2.45) is 0 Å². The Morgan fingerprint density at radius 3 is 2.85 bits per heavy atom. The van der Waals surface area contributed by atoms with Crippen LogP contribution in [0.25, 0.3) is 0 Å². The lowest BCUT2D eigenvalue weighted by molar-refractivity contribution is -0.113. The average Bonchev–Trinajstić information content (AvgIpc) is 2.96. The van der Waals surface area contributed by atoms with Crippen molar-refractivity contribution in [2.75, 3.05) is 17.7 Å². The molecule has 2 aromatic rings. The number of nitrogens with one attached hydrogen (secondary N) is 1. The van der Waals surface area contributed by atoms with Gasteiger partial charge in [0.05, 0.1) is 18.0 Å². The lowest BCUT2D eigenvalue weighted by atomic mass is 10.1. The lowest BCUT2D eigenvalue weighted by Gasteiger charge is -2.13. The van der Waals surface area contributed by atoms with Gasteiger partial charge in [-0.2, -0.15) is 0 Å². The van der Waals surface area contributed by atoms with Gasteiger partial charge in [-0.15, -0.1) is 11.8 Å². The predicted octanol–water partition coefficient (Wildman–Crippen LogP) is 4.42. The molecule has 1 heterocycles. The maximum absolute atomic E-state index is 12.9. The smallest absolute Gasteiger partial charge is 0.234 e. The van der Waals surface area contributed by atoms with Gasteiger partial charge in [-0.3, -0.25) is 4.79 Å². The van der Waals surface area contributed by atoms with Crippen molar-refractivity contribution in [1.29, 1.82) is 0 Å². The first-order valence-electron chi connectivity index (χ1n) is 8.63. The maximum Gasteiger partial charge on any atom is 0.234 e. The van der Waals surface area contributed by atoms with E-state index in [4.69, 9.17) is 9.47 Å². The van der Waals surface area contributed by atoms with E-state index < -0.39 is 0 Å². The van der Waals surface area contributed by atoms with E-state index in [1.54, 1.807) is 12.1 Å². The summed E-state index contributed by atoms with van der Waals surface area (Å²) in [6.45, 7) is 4.46. The van der Waals surface area contributed by atoms with Crippen molar-refractivity contribution >= 4 is 23.4 Å². The van der Waals surface area contributed by atoms with Crippen LogP contribution in [-0.4, -0.2) is 24.4 Å². The molecule has 0 bridgehead atoms. The van der Waals surface area contributed by atoms with Gasteiger partial charge in [-0.05, 0) is 37.6 Å². The SMILES string of the molecule is CCOc1cc2c(cc1NC(=O)CSCc1ccc(F)cc1)OC(C)C2. The van der Waals surface area contributed by atoms with Gasteiger partial charge in [0.15, 0.2) is 0 Å². The van der Waals surface area contributed by atoms with Gasteiger partial charge >= 0.3 is 0 Å². The van der Waals surface area contributed by atoms with E-state index in [-0.39, 0.29) is 17.8 Å². The molecule has 138 valence electrons. The second kappa shape index (κ2) is 8.45. The number of amides is 1. The quantitative estimate of drug-likeness (QED) is 0.778. The third-order valence-corrected chi connectivity index (χ3v) is 4.99. The zero-order valence-corrected chi connectivity index (χ0v) is 15.7. The number of fused-ring (bicyclic) bond motifs is 1. The Kier molecular flexibility index (Phi) is 6.04. The molecular weight excluding hydrogens is 353 g/mol. The minimum Gasteiger partial charge on any atom is -0.492 e. The second-order valence-corrected chi connectivity index (χ2v) is 7.17. The van der Waals surface area contributed by atoms with Crippen molar-refractivity contribution in [3.05, 3.63) is 53.3 Å². The van der Waals surface area contributed by atoms with Crippen LogP contribution in [0.15, 0.2) is 36.4 Å². The summed E-state index contributed by atoms with van der Waals surface area (Å²) in [6, 6.07) is 10.1. The average molecular weight is 375 g/mol. The summed E-state index contributed by atoms with van der Waals surface area (Å²) in [6.07, 6.45) is 0.980. The molecule has 1 aliphatic rings. The molecule has 26 heavy (non-hydrogen) atoms. The molecule has 4 nitrogen and oxygen atoms in total. The van der Waals surface area contributed by atoms with E-state index in [9.17, 15) is 9.18 Å². The molecule has 1 amide bonds. The number of anilines is 1. The summed E-state index contributed by atoms with van der Waals surface area (Å²) in [5.74, 6) is 2.06. The Hall–Kier alpha value is -2.21. The fourth-order valence-corrected chi connectivity index (χ4v) is 3.63. The molecule has 1 unspecified atom stereocenters. The monoisotopic (exact) mass is 375 g/mol. The van der Waals surface area contributed by atoms with Crippen LogP contribution in [0.5, 0.6) is 11.5 Å². The van der Waals surface area contributed by atoms with Crippen LogP contribution in [0, 0.1) is 5.82 Å². The molecule has 0 saturated carbocycles. The van der Waals surface area contributed by atoms with E-state index >= 15 is 0 Å². The fourth-order valence-electron chi connectivity index (χ4n) is 2.84. The highest BCUT2D eigenvalue weighted by atomic mass is 32.2. The number of ether oxygens (including phenoxy) is 2. The number of rotatable bonds is 7. The van der Waals surface area contributed by atoms with Crippen LogP contribution in [0.2, 0.25) is 0 Å². The number of thioether (sulfide) groups is 1. The Morgan fingerprint density at radius 2 is 2.12 bits per heavy atom. The maximum atomic E-state index is 12.9. The highest BCUT2D eigenvalue weighted by molar-refractivity contribution is 7.99. The molecule has 0 saturated heterocycles. The first-order valence-corrected chi connectivity index (χ1v) is 9.79. The highest BCUT2D eigenvalue weighted by Gasteiger charge is 2.22. The molecule has 0 radical (unpaired) electrons. The molecule has 0 aliphatic carbocycles. The molecule has 6 heteroatoms. The molecule has 1 aliphatic heterocycles. The van der Waals surface area contributed by atoms with Gasteiger partial charge in [0.25, 0.3) is 0 Å². The largest absolute Gasteiger partial charge is 0.492 e. The number of carbonyl (C=O) groups excluding carboxylic acids is 1. The molecule has 3 rings (SSSR count). The second-order valence-electron chi connectivity index (χ2n) is 6.19. The van der Waals surface area contributed by atoms with Gasteiger partial charge in [-0.1, -0.05) is 12.1 Å². The Morgan fingerprint density at radius 1 is 1.35 bits per heavy atom. The van der Waals surface area contributed by atoms with Gasteiger partial charge in [-0.25, -0.2) is 4.39 Å². The van der Waals surface area contributed by atoms with E-state index in [2.05, 4.69) is 5.32 Å². The Balaban J connectivity index is 1.59. The first-order chi connectivity index (χ1) is 12.5. The third kappa shape index (κ3) is 4.69. The van der Waals surface area contributed by atoms with Crippen molar-refractivity contribution in [3.8, 4) is 11.5 Å². The summed E-state index contributed by atoms with van der Waals surface area (Å²) in [7, 11) is 0. The predicted molar refractivity (Wildman–Crippen MR) is 103 cm³/mol. The molecule has 0 spiro atoms. The van der Waals surface area contributed by atoms with Crippen LogP contribution in [-0.2, 0) is 17.0 Å². The zero-order valence-electron chi connectivity index (χ0n) is 14.9. The van der Waals surface area contributed by atoms with Gasteiger partial charge in [0, 0.05) is 23.8 Å².